The van der Waals surface area contributed by atoms with Crippen molar-refractivity contribution in [2.75, 3.05) is 0 Å². The third-order valence-electron chi connectivity index (χ3n) is 4.73. The zero-order chi connectivity index (χ0) is 16.6. The van der Waals surface area contributed by atoms with Crippen LogP contribution in [-0.2, 0) is 17.5 Å². The zero-order valence-electron chi connectivity index (χ0n) is 12.9. The van der Waals surface area contributed by atoms with E-state index in [4.69, 9.17) is 5.73 Å². The summed E-state index contributed by atoms with van der Waals surface area (Å²) in [5.74, 6) is 0.0837. The standard InChI is InChI=1S/C17H21F3N2O/c18-17(19,20)13-4-1-11(2-5-13)10-22(15-7-8-15)16(23)12-3-6-14(21)9-12/h1-2,4-5,12,14-15H,3,6-10,21H2/t12-,14-/m0/s1. The summed E-state index contributed by atoms with van der Waals surface area (Å²) in [4.78, 5) is 14.5. The van der Waals surface area contributed by atoms with Crippen LogP contribution in [0.1, 0.15) is 43.2 Å². The summed E-state index contributed by atoms with van der Waals surface area (Å²) in [7, 11) is 0. The van der Waals surface area contributed by atoms with E-state index in [0.717, 1.165) is 49.8 Å². The van der Waals surface area contributed by atoms with Crippen LogP contribution < -0.4 is 5.73 Å². The lowest BCUT2D eigenvalue weighted by Crippen LogP contribution is -2.37. The lowest BCUT2D eigenvalue weighted by Gasteiger charge is -2.26. The molecule has 2 saturated carbocycles. The van der Waals surface area contributed by atoms with Crippen LogP contribution >= 0.6 is 0 Å². The van der Waals surface area contributed by atoms with Gasteiger partial charge in [-0.3, -0.25) is 4.79 Å². The molecule has 1 aromatic rings. The first kappa shape index (κ1) is 16.3. The molecule has 0 heterocycles. The minimum Gasteiger partial charge on any atom is -0.335 e. The van der Waals surface area contributed by atoms with Gasteiger partial charge in [0.2, 0.25) is 5.91 Å². The van der Waals surface area contributed by atoms with Crippen molar-refractivity contribution in [1.82, 2.24) is 4.90 Å². The second-order valence-corrected chi connectivity index (χ2v) is 6.66. The van der Waals surface area contributed by atoms with E-state index >= 15 is 0 Å². The van der Waals surface area contributed by atoms with E-state index in [1.165, 1.54) is 12.1 Å². The third kappa shape index (κ3) is 3.86. The monoisotopic (exact) mass is 326 g/mol. The number of hydrogen-bond acceptors (Lipinski definition) is 2. The fourth-order valence-corrected chi connectivity index (χ4v) is 3.24. The van der Waals surface area contributed by atoms with E-state index in [9.17, 15) is 18.0 Å². The maximum absolute atomic E-state index is 12.7. The Bertz CT molecular complexity index is 566. The molecule has 0 saturated heterocycles. The van der Waals surface area contributed by atoms with Crippen molar-refractivity contribution >= 4 is 5.91 Å². The van der Waals surface area contributed by atoms with Crippen LogP contribution in [0.3, 0.4) is 0 Å². The largest absolute Gasteiger partial charge is 0.416 e. The van der Waals surface area contributed by atoms with Gasteiger partial charge < -0.3 is 10.6 Å². The Balaban J connectivity index is 1.69. The van der Waals surface area contributed by atoms with Gasteiger partial charge >= 0.3 is 6.18 Å². The summed E-state index contributed by atoms with van der Waals surface area (Å²) >= 11 is 0. The van der Waals surface area contributed by atoms with Crippen molar-refractivity contribution in [2.24, 2.45) is 11.7 Å². The molecule has 3 rings (SSSR count). The summed E-state index contributed by atoms with van der Waals surface area (Å²) in [5.41, 5.74) is 5.96. The van der Waals surface area contributed by atoms with Crippen molar-refractivity contribution in [3.63, 3.8) is 0 Å². The quantitative estimate of drug-likeness (QED) is 0.922. The Morgan fingerprint density at radius 1 is 1.13 bits per heavy atom. The highest BCUT2D eigenvalue weighted by Gasteiger charge is 2.38. The highest BCUT2D eigenvalue weighted by atomic mass is 19.4. The Labute approximate surface area is 133 Å². The molecule has 0 radical (unpaired) electrons. The average molecular weight is 326 g/mol. The number of nitrogens with zero attached hydrogens (tertiary/aromatic N) is 1. The van der Waals surface area contributed by atoms with Gasteiger partial charge in [-0.25, -0.2) is 0 Å². The van der Waals surface area contributed by atoms with Gasteiger partial charge in [-0.15, -0.1) is 0 Å². The fraction of sp³-hybridized carbons (Fsp3) is 0.588. The Hall–Kier alpha value is -1.56. The van der Waals surface area contributed by atoms with Gasteiger partial charge in [-0.1, -0.05) is 12.1 Å². The van der Waals surface area contributed by atoms with Crippen LogP contribution in [-0.4, -0.2) is 22.9 Å². The number of carbonyl (C=O) groups excluding carboxylic acids is 1. The maximum atomic E-state index is 12.7. The number of halogens is 3. The number of carbonyl (C=O) groups is 1. The summed E-state index contributed by atoms with van der Waals surface area (Å²) in [6.45, 7) is 0.382. The van der Waals surface area contributed by atoms with E-state index in [1.54, 1.807) is 0 Å². The van der Waals surface area contributed by atoms with Gasteiger partial charge in [0.15, 0.2) is 0 Å². The fourth-order valence-electron chi connectivity index (χ4n) is 3.24. The van der Waals surface area contributed by atoms with Crippen molar-refractivity contribution < 1.29 is 18.0 Å². The van der Waals surface area contributed by atoms with Crippen molar-refractivity contribution in [3.8, 4) is 0 Å². The number of hydrogen-bond donors (Lipinski definition) is 1. The highest BCUT2D eigenvalue weighted by molar-refractivity contribution is 5.80. The van der Waals surface area contributed by atoms with Crippen LogP contribution in [0.2, 0.25) is 0 Å². The van der Waals surface area contributed by atoms with Crippen molar-refractivity contribution in [2.45, 2.75) is 56.9 Å². The lowest BCUT2D eigenvalue weighted by atomic mass is 10.0. The summed E-state index contributed by atoms with van der Waals surface area (Å²) in [6, 6.07) is 5.42. The highest BCUT2D eigenvalue weighted by Crippen LogP contribution is 2.34. The molecule has 0 spiro atoms. The molecule has 6 heteroatoms. The molecule has 2 N–H and O–H groups in total. The van der Waals surface area contributed by atoms with E-state index in [1.807, 2.05) is 4.90 Å². The molecular formula is C17H21F3N2O. The maximum Gasteiger partial charge on any atom is 0.416 e. The number of amides is 1. The van der Waals surface area contributed by atoms with E-state index < -0.39 is 11.7 Å². The molecular weight excluding hydrogens is 305 g/mol. The first-order valence-corrected chi connectivity index (χ1v) is 8.07. The lowest BCUT2D eigenvalue weighted by molar-refractivity contribution is -0.138. The molecule has 1 amide bonds. The summed E-state index contributed by atoms with van der Waals surface area (Å²) in [5, 5.41) is 0. The van der Waals surface area contributed by atoms with Crippen molar-refractivity contribution in [3.05, 3.63) is 35.4 Å². The van der Waals surface area contributed by atoms with Crippen molar-refractivity contribution in [1.29, 1.82) is 0 Å². The first-order chi connectivity index (χ1) is 10.8. The molecule has 3 nitrogen and oxygen atoms in total. The Morgan fingerprint density at radius 2 is 1.78 bits per heavy atom. The normalized spacial score (nSPS) is 24.7. The minimum absolute atomic E-state index is 0.0277. The van der Waals surface area contributed by atoms with E-state index in [-0.39, 0.29) is 23.9 Å². The smallest absolute Gasteiger partial charge is 0.335 e. The van der Waals surface area contributed by atoms with Gasteiger partial charge in [0, 0.05) is 24.5 Å². The molecule has 0 aromatic heterocycles. The molecule has 1 aromatic carbocycles. The molecule has 0 unspecified atom stereocenters. The number of alkyl halides is 3. The summed E-state index contributed by atoms with van der Waals surface area (Å²) < 4.78 is 37.8. The molecule has 2 fully saturated rings. The van der Waals surface area contributed by atoms with Crippen LogP contribution in [0.15, 0.2) is 24.3 Å². The zero-order valence-corrected chi connectivity index (χ0v) is 12.9. The predicted octanol–water partition coefficient (Wildman–Crippen LogP) is 3.32. The molecule has 0 aliphatic heterocycles. The molecule has 2 aliphatic rings. The molecule has 2 aliphatic carbocycles. The second kappa shape index (κ2) is 6.15. The Kier molecular flexibility index (Phi) is 4.36. The van der Waals surface area contributed by atoms with Gasteiger partial charge in [0.1, 0.15) is 0 Å². The van der Waals surface area contributed by atoms with Gasteiger partial charge in [-0.05, 0) is 49.8 Å². The van der Waals surface area contributed by atoms with Crippen LogP contribution in [0.25, 0.3) is 0 Å². The Morgan fingerprint density at radius 3 is 2.26 bits per heavy atom. The minimum atomic E-state index is -4.33. The predicted molar refractivity (Wildman–Crippen MR) is 80.3 cm³/mol. The molecule has 126 valence electrons. The van der Waals surface area contributed by atoms with Crippen LogP contribution in [0.5, 0.6) is 0 Å². The van der Waals surface area contributed by atoms with E-state index in [2.05, 4.69) is 0 Å². The van der Waals surface area contributed by atoms with Gasteiger partial charge in [-0.2, -0.15) is 13.2 Å². The molecule has 2 atom stereocenters. The van der Waals surface area contributed by atoms with Gasteiger partial charge in [0.25, 0.3) is 0 Å². The topological polar surface area (TPSA) is 46.3 Å². The third-order valence-corrected chi connectivity index (χ3v) is 4.73. The van der Waals surface area contributed by atoms with Crippen LogP contribution in [0, 0.1) is 5.92 Å². The number of rotatable bonds is 4. The summed E-state index contributed by atoms with van der Waals surface area (Å²) in [6.07, 6.45) is 0.0291. The van der Waals surface area contributed by atoms with Crippen LogP contribution in [0.4, 0.5) is 13.2 Å². The number of nitrogens with two attached hydrogens (primary N) is 1. The number of benzene rings is 1. The average Bonchev–Trinajstić information content (AvgIpc) is 3.25. The molecule has 0 bridgehead atoms. The second-order valence-electron chi connectivity index (χ2n) is 6.66. The first-order valence-electron chi connectivity index (χ1n) is 8.07. The van der Waals surface area contributed by atoms with E-state index in [0.29, 0.717) is 6.54 Å². The molecule has 23 heavy (non-hydrogen) atoms. The van der Waals surface area contributed by atoms with Gasteiger partial charge in [0.05, 0.1) is 5.56 Å². The SMILES string of the molecule is N[C@H]1CC[C@H](C(=O)N(Cc2ccc(C(F)(F)F)cc2)C2CC2)C1.